The summed E-state index contributed by atoms with van der Waals surface area (Å²) in [6.45, 7) is 3.38. The summed E-state index contributed by atoms with van der Waals surface area (Å²) in [6.07, 6.45) is 0. The Morgan fingerprint density at radius 1 is 0.700 bits per heavy atom. The fourth-order valence-electron chi connectivity index (χ4n) is 2.73. The maximum absolute atomic E-state index is 13.4. The van der Waals surface area contributed by atoms with Crippen LogP contribution in [0.3, 0.4) is 0 Å². The Kier molecular flexibility index (Phi) is 5.82. The molecule has 0 radical (unpaired) electrons. The molecule has 6 nitrogen and oxygen atoms in total. The third-order valence-electron chi connectivity index (χ3n) is 4.20. The lowest BCUT2D eigenvalue weighted by Crippen LogP contribution is -2.17. The first-order chi connectivity index (χ1) is 14.0. The molecule has 3 aromatic rings. The van der Waals surface area contributed by atoms with Crippen molar-refractivity contribution in [1.82, 2.24) is 0 Å². The lowest BCUT2D eigenvalue weighted by atomic mass is 10.2. The molecule has 3 aromatic carbocycles. The van der Waals surface area contributed by atoms with Gasteiger partial charge in [0, 0.05) is 5.69 Å². The molecule has 30 heavy (non-hydrogen) atoms. The summed E-state index contributed by atoms with van der Waals surface area (Å²) >= 11 is 0. The standard InChI is InChI=1S/C20H18F2N2O4S2/c1-13-4-3-5-15(10-13)24-30(27,28)20-11-16(7-6-14(20)2)23-29(25,26)17-8-9-18(21)19(22)12-17/h3-12,23-24H,1-2H3. The van der Waals surface area contributed by atoms with E-state index in [9.17, 15) is 25.6 Å². The minimum Gasteiger partial charge on any atom is -0.280 e. The highest BCUT2D eigenvalue weighted by molar-refractivity contribution is 7.93. The molecule has 0 saturated heterocycles. The second-order valence-electron chi connectivity index (χ2n) is 6.64. The molecule has 0 spiro atoms. The molecule has 0 aromatic heterocycles. The van der Waals surface area contributed by atoms with Crippen LogP contribution in [-0.4, -0.2) is 16.8 Å². The summed E-state index contributed by atoms with van der Waals surface area (Å²) in [6, 6.07) is 12.9. The van der Waals surface area contributed by atoms with Crippen molar-refractivity contribution in [2.75, 3.05) is 9.44 Å². The molecule has 0 saturated carbocycles. The quantitative estimate of drug-likeness (QED) is 0.587. The molecule has 2 N–H and O–H groups in total. The average molecular weight is 453 g/mol. The van der Waals surface area contributed by atoms with Crippen molar-refractivity contribution in [3.8, 4) is 0 Å². The Labute approximate surface area is 173 Å². The number of benzene rings is 3. The topological polar surface area (TPSA) is 92.3 Å². The van der Waals surface area contributed by atoms with Gasteiger partial charge in [0.05, 0.1) is 15.5 Å². The molecule has 0 aliphatic heterocycles. The number of nitrogens with one attached hydrogen (secondary N) is 2. The van der Waals surface area contributed by atoms with Gasteiger partial charge in [-0.1, -0.05) is 18.2 Å². The first-order valence-corrected chi connectivity index (χ1v) is 11.6. The summed E-state index contributed by atoms with van der Waals surface area (Å²) in [7, 11) is -8.27. The number of aryl methyl sites for hydroxylation is 2. The van der Waals surface area contributed by atoms with Gasteiger partial charge in [-0.25, -0.2) is 25.6 Å². The van der Waals surface area contributed by atoms with Crippen molar-refractivity contribution in [3.63, 3.8) is 0 Å². The van der Waals surface area contributed by atoms with Crippen LogP contribution in [0.4, 0.5) is 20.2 Å². The van der Waals surface area contributed by atoms with E-state index in [0.29, 0.717) is 23.4 Å². The Hall–Kier alpha value is -2.98. The van der Waals surface area contributed by atoms with Crippen molar-refractivity contribution in [3.05, 3.63) is 83.4 Å². The number of hydrogen-bond acceptors (Lipinski definition) is 4. The summed E-state index contributed by atoms with van der Waals surface area (Å²) in [5.41, 5.74) is 1.57. The van der Waals surface area contributed by atoms with Gasteiger partial charge in [0.1, 0.15) is 0 Å². The fourth-order valence-corrected chi connectivity index (χ4v) is 5.11. The largest absolute Gasteiger partial charge is 0.280 e. The molecule has 10 heteroatoms. The molecule has 0 bridgehead atoms. The van der Waals surface area contributed by atoms with E-state index in [1.807, 2.05) is 13.0 Å². The van der Waals surface area contributed by atoms with Gasteiger partial charge in [0.25, 0.3) is 20.0 Å². The maximum atomic E-state index is 13.4. The van der Waals surface area contributed by atoms with E-state index in [-0.39, 0.29) is 10.6 Å². The predicted molar refractivity (Wildman–Crippen MR) is 110 cm³/mol. The Bertz CT molecular complexity index is 1320. The zero-order chi connectivity index (χ0) is 22.1. The van der Waals surface area contributed by atoms with E-state index in [1.165, 1.54) is 12.1 Å². The van der Waals surface area contributed by atoms with Gasteiger partial charge in [-0.15, -0.1) is 0 Å². The highest BCUT2D eigenvalue weighted by Gasteiger charge is 2.21. The highest BCUT2D eigenvalue weighted by atomic mass is 32.2. The van der Waals surface area contributed by atoms with Crippen LogP contribution in [0.5, 0.6) is 0 Å². The summed E-state index contributed by atoms with van der Waals surface area (Å²) in [4.78, 5) is -0.626. The normalized spacial score (nSPS) is 11.9. The first-order valence-electron chi connectivity index (χ1n) is 8.66. The van der Waals surface area contributed by atoms with Crippen LogP contribution in [0.2, 0.25) is 0 Å². The zero-order valence-corrected chi connectivity index (χ0v) is 17.6. The van der Waals surface area contributed by atoms with Gasteiger partial charge in [0.15, 0.2) is 11.6 Å². The molecule has 158 valence electrons. The predicted octanol–water partition coefficient (Wildman–Crippen LogP) is 4.18. The van der Waals surface area contributed by atoms with Crippen molar-refractivity contribution in [1.29, 1.82) is 0 Å². The third kappa shape index (κ3) is 4.77. The van der Waals surface area contributed by atoms with Crippen LogP contribution in [0.15, 0.2) is 70.5 Å². The molecule has 0 aliphatic rings. The molecule has 0 amide bonds. The number of hydrogen-bond donors (Lipinski definition) is 2. The molecule has 0 aliphatic carbocycles. The van der Waals surface area contributed by atoms with E-state index in [0.717, 1.165) is 17.7 Å². The number of anilines is 2. The monoisotopic (exact) mass is 452 g/mol. The second kappa shape index (κ2) is 8.04. The zero-order valence-electron chi connectivity index (χ0n) is 16.0. The molecule has 3 rings (SSSR count). The Morgan fingerprint density at radius 2 is 1.37 bits per heavy atom. The van der Waals surface area contributed by atoms with Gasteiger partial charge in [0.2, 0.25) is 0 Å². The maximum Gasteiger partial charge on any atom is 0.262 e. The SMILES string of the molecule is Cc1cccc(NS(=O)(=O)c2cc(NS(=O)(=O)c3ccc(F)c(F)c3)ccc2C)c1. The minimum atomic E-state index is -4.26. The Balaban J connectivity index is 1.93. The minimum absolute atomic E-state index is 0.0463. The van der Waals surface area contributed by atoms with E-state index < -0.39 is 36.6 Å². The van der Waals surface area contributed by atoms with Gasteiger partial charge in [-0.2, -0.15) is 0 Å². The van der Waals surface area contributed by atoms with Gasteiger partial charge in [-0.3, -0.25) is 9.44 Å². The number of sulfonamides is 2. The second-order valence-corrected chi connectivity index (χ2v) is 9.97. The molecule has 0 atom stereocenters. The summed E-state index contributed by atoms with van der Waals surface area (Å²) in [5.74, 6) is -2.49. The molecular formula is C20H18F2N2O4S2. The van der Waals surface area contributed by atoms with Crippen molar-refractivity contribution < 1.29 is 25.6 Å². The van der Waals surface area contributed by atoms with Crippen LogP contribution >= 0.6 is 0 Å². The van der Waals surface area contributed by atoms with Gasteiger partial charge < -0.3 is 0 Å². The number of halogens is 2. The number of rotatable bonds is 6. The smallest absolute Gasteiger partial charge is 0.262 e. The Morgan fingerprint density at radius 3 is 2.03 bits per heavy atom. The third-order valence-corrected chi connectivity index (χ3v) is 7.10. The van der Waals surface area contributed by atoms with E-state index >= 15 is 0 Å². The van der Waals surface area contributed by atoms with E-state index in [2.05, 4.69) is 9.44 Å². The first kappa shape index (κ1) is 21.7. The fraction of sp³-hybridized carbons (Fsp3) is 0.100. The van der Waals surface area contributed by atoms with Crippen LogP contribution in [-0.2, 0) is 20.0 Å². The van der Waals surface area contributed by atoms with Crippen LogP contribution in [0.1, 0.15) is 11.1 Å². The molecule has 0 unspecified atom stereocenters. The van der Waals surface area contributed by atoms with Crippen molar-refractivity contribution >= 4 is 31.4 Å². The summed E-state index contributed by atoms with van der Waals surface area (Å²) < 4.78 is 81.7. The summed E-state index contributed by atoms with van der Waals surface area (Å²) in [5, 5.41) is 0. The lowest BCUT2D eigenvalue weighted by molar-refractivity contribution is 0.504. The van der Waals surface area contributed by atoms with Gasteiger partial charge in [-0.05, 0) is 67.4 Å². The van der Waals surface area contributed by atoms with E-state index in [1.54, 1.807) is 25.1 Å². The van der Waals surface area contributed by atoms with Gasteiger partial charge >= 0.3 is 0 Å². The molecule has 0 heterocycles. The van der Waals surface area contributed by atoms with E-state index in [4.69, 9.17) is 0 Å². The van der Waals surface area contributed by atoms with Crippen molar-refractivity contribution in [2.24, 2.45) is 0 Å². The van der Waals surface area contributed by atoms with Crippen molar-refractivity contribution in [2.45, 2.75) is 23.6 Å². The average Bonchev–Trinajstić information content (AvgIpc) is 2.64. The lowest BCUT2D eigenvalue weighted by Gasteiger charge is -2.14. The highest BCUT2D eigenvalue weighted by Crippen LogP contribution is 2.25. The van der Waals surface area contributed by atoms with Crippen LogP contribution in [0, 0.1) is 25.5 Å². The molecule has 0 fully saturated rings. The van der Waals surface area contributed by atoms with Crippen LogP contribution in [0.25, 0.3) is 0 Å². The van der Waals surface area contributed by atoms with Crippen LogP contribution < -0.4 is 9.44 Å². The molecular weight excluding hydrogens is 434 g/mol.